The van der Waals surface area contributed by atoms with Gasteiger partial charge in [-0.2, -0.15) is 0 Å². The molecule has 2 rings (SSSR count). The van der Waals surface area contributed by atoms with Crippen LogP contribution >= 0.6 is 0 Å². The first-order valence-corrected chi connectivity index (χ1v) is 17.3. The molecular weight excluding hydrogens is 636 g/mol. The molecule has 0 saturated heterocycles. The summed E-state index contributed by atoms with van der Waals surface area (Å²) in [7, 11) is 0. The third-order valence-electron chi connectivity index (χ3n) is 8.64. The van der Waals surface area contributed by atoms with Gasteiger partial charge in [-0.1, -0.05) is 107 Å². The number of carbonyl (C=O) groups is 4. The molecule has 0 saturated carbocycles. The zero-order valence-electron chi connectivity index (χ0n) is 32.7. The van der Waals surface area contributed by atoms with E-state index in [4.69, 9.17) is 15.2 Å². The molecule has 2 atom stereocenters. The van der Waals surface area contributed by atoms with E-state index in [2.05, 4.69) is 0 Å². The molecule has 278 valence electrons. The van der Waals surface area contributed by atoms with Gasteiger partial charge in [0.25, 0.3) is 0 Å². The van der Waals surface area contributed by atoms with Gasteiger partial charge in [0.1, 0.15) is 11.5 Å². The van der Waals surface area contributed by atoms with E-state index in [9.17, 15) is 29.4 Å². The number of nitrogens with two attached hydrogens (primary N) is 1. The topological polar surface area (TPSA) is 156 Å². The van der Waals surface area contributed by atoms with Gasteiger partial charge in [0.15, 0.2) is 12.5 Å². The average Bonchev–Trinajstić information content (AvgIpc) is 2.93. The molecule has 0 heterocycles. The maximum Gasteiger partial charge on any atom is 0.317 e. The number of hydrogen-bond donors (Lipinski definition) is 3. The van der Waals surface area contributed by atoms with Gasteiger partial charge < -0.3 is 25.4 Å². The Labute approximate surface area is 298 Å². The number of phenolic OH excluding ortho intramolecular Hbond substituents is 2. The summed E-state index contributed by atoms with van der Waals surface area (Å²) < 4.78 is 11.1. The number of phenols is 2. The Hall–Kier alpha value is -4.08. The molecule has 0 fully saturated rings. The molecule has 0 bridgehead atoms. The second-order valence-corrected chi connectivity index (χ2v) is 17.3. The van der Waals surface area contributed by atoms with Crippen LogP contribution in [0.1, 0.15) is 143 Å². The molecular formula is C40H60N2O8. The molecule has 0 radical (unpaired) electrons. The number of ether oxygens (including phenoxy) is 2. The Morgan fingerprint density at radius 2 is 0.860 bits per heavy atom. The van der Waals surface area contributed by atoms with Crippen molar-refractivity contribution in [1.29, 1.82) is 0 Å². The zero-order valence-corrected chi connectivity index (χ0v) is 32.7. The van der Waals surface area contributed by atoms with Crippen LogP contribution in [0.2, 0.25) is 0 Å². The van der Waals surface area contributed by atoms with Crippen molar-refractivity contribution >= 4 is 23.8 Å². The summed E-state index contributed by atoms with van der Waals surface area (Å²) in [5.41, 5.74) is 8.71. The van der Waals surface area contributed by atoms with E-state index in [1.54, 1.807) is 0 Å². The molecule has 10 nitrogen and oxygen atoms in total. The van der Waals surface area contributed by atoms with Crippen LogP contribution in [0.25, 0.3) is 0 Å². The van der Waals surface area contributed by atoms with E-state index < -0.39 is 36.2 Å². The SMILES string of the molecule is CC(OC(=O)CCc1cc(C(C)(C)C)c(O)c(C(C)(C)C)c1)N(C(=O)C(N)=O)C(C)OC(=O)CCc1cc(C(C)(C)C)c(O)c(C(C)(C)C)c1. The van der Waals surface area contributed by atoms with Crippen molar-refractivity contribution in [2.24, 2.45) is 5.73 Å². The first-order valence-electron chi connectivity index (χ1n) is 17.3. The Kier molecular flexibility index (Phi) is 13.0. The van der Waals surface area contributed by atoms with Gasteiger partial charge in [0.05, 0.1) is 0 Å². The fourth-order valence-corrected chi connectivity index (χ4v) is 5.82. The molecule has 0 aliphatic rings. The summed E-state index contributed by atoms with van der Waals surface area (Å²) in [6.07, 6.45) is -2.04. The molecule has 4 N–H and O–H groups in total. The quantitative estimate of drug-likeness (QED) is 0.137. The number of hydrogen-bond acceptors (Lipinski definition) is 8. The predicted octanol–water partition coefficient (Wildman–Crippen LogP) is 6.95. The Balaban J connectivity index is 2.20. The highest BCUT2D eigenvalue weighted by Gasteiger charge is 2.34. The number of esters is 2. The highest BCUT2D eigenvalue weighted by Crippen LogP contribution is 2.41. The first kappa shape index (κ1) is 42.1. The summed E-state index contributed by atoms with van der Waals surface area (Å²) in [5, 5.41) is 22.0. The summed E-state index contributed by atoms with van der Waals surface area (Å²) >= 11 is 0. The molecule has 2 amide bonds. The molecule has 0 aliphatic heterocycles. The molecule has 2 aromatic rings. The second kappa shape index (κ2) is 15.4. The Morgan fingerprint density at radius 3 is 1.08 bits per heavy atom. The largest absolute Gasteiger partial charge is 0.507 e. The van der Waals surface area contributed by atoms with Gasteiger partial charge in [-0.05, 0) is 81.7 Å². The van der Waals surface area contributed by atoms with Crippen molar-refractivity contribution in [1.82, 2.24) is 4.90 Å². The minimum absolute atomic E-state index is 0.0468. The summed E-state index contributed by atoms with van der Waals surface area (Å²) in [6.45, 7) is 26.9. The van der Waals surface area contributed by atoms with Crippen molar-refractivity contribution in [3.8, 4) is 11.5 Å². The Bertz CT molecular complexity index is 1410. The lowest BCUT2D eigenvalue weighted by Crippen LogP contribution is -2.52. The van der Waals surface area contributed by atoms with Crippen LogP contribution < -0.4 is 5.73 Å². The molecule has 0 spiro atoms. The third kappa shape index (κ3) is 11.0. The molecule has 0 aromatic heterocycles. The van der Waals surface area contributed by atoms with Crippen molar-refractivity contribution in [2.45, 2.75) is 157 Å². The summed E-state index contributed by atoms with van der Waals surface area (Å²) in [5.74, 6) is -3.27. The number of aryl methyl sites for hydroxylation is 2. The molecule has 50 heavy (non-hydrogen) atoms. The highest BCUT2D eigenvalue weighted by molar-refractivity contribution is 6.34. The normalized spacial score (nSPS) is 13.7. The minimum Gasteiger partial charge on any atom is -0.507 e. The summed E-state index contributed by atoms with van der Waals surface area (Å²) in [4.78, 5) is 51.7. The number of amides is 2. The fourth-order valence-electron chi connectivity index (χ4n) is 5.82. The van der Waals surface area contributed by atoms with Gasteiger partial charge in [-0.3, -0.25) is 24.1 Å². The van der Waals surface area contributed by atoms with E-state index in [0.29, 0.717) is 12.8 Å². The highest BCUT2D eigenvalue weighted by atomic mass is 16.6. The number of benzene rings is 2. The number of nitrogens with zero attached hydrogens (tertiary/aromatic N) is 1. The molecule has 2 aromatic carbocycles. The smallest absolute Gasteiger partial charge is 0.317 e. The number of aromatic hydroxyl groups is 2. The minimum atomic E-state index is -1.29. The van der Waals surface area contributed by atoms with E-state index in [0.717, 1.165) is 38.3 Å². The molecule has 0 aliphatic carbocycles. The van der Waals surface area contributed by atoms with Crippen LogP contribution in [0.15, 0.2) is 24.3 Å². The maximum absolute atomic E-state index is 13.0. The monoisotopic (exact) mass is 696 g/mol. The van der Waals surface area contributed by atoms with Gasteiger partial charge >= 0.3 is 23.8 Å². The molecule has 10 heteroatoms. The third-order valence-corrected chi connectivity index (χ3v) is 8.64. The number of rotatable bonds is 10. The zero-order chi connectivity index (χ0) is 38.7. The lowest BCUT2D eigenvalue weighted by atomic mass is 9.78. The van der Waals surface area contributed by atoms with Crippen molar-refractivity contribution < 1.29 is 38.9 Å². The Morgan fingerprint density at radius 1 is 0.600 bits per heavy atom. The predicted molar refractivity (Wildman–Crippen MR) is 195 cm³/mol. The van der Waals surface area contributed by atoms with Crippen LogP contribution in [0.4, 0.5) is 0 Å². The lowest BCUT2D eigenvalue weighted by Gasteiger charge is -2.32. The number of carbonyl (C=O) groups excluding carboxylic acids is 4. The average molecular weight is 697 g/mol. The van der Waals surface area contributed by atoms with Crippen LogP contribution in [0.3, 0.4) is 0 Å². The van der Waals surface area contributed by atoms with E-state index in [1.807, 2.05) is 107 Å². The van der Waals surface area contributed by atoms with E-state index in [-0.39, 0.29) is 46.0 Å². The van der Waals surface area contributed by atoms with Gasteiger partial charge in [-0.25, -0.2) is 0 Å². The van der Waals surface area contributed by atoms with Crippen molar-refractivity contribution in [2.75, 3.05) is 0 Å². The van der Waals surface area contributed by atoms with Crippen molar-refractivity contribution in [3.63, 3.8) is 0 Å². The maximum atomic E-state index is 13.0. The van der Waals surface area contributed by atoms with Gasteiger partial charge in [0, 0.05) is 12.8 Å². The van der Waals surface area contributed by atoms with Crippen molar-refractivity contribution in [3.05, 3.63) is 57.6 Å². The van der Waals surface area contributed by atoms with Gasteiger partial charge in [-0.15, -0.1) is 0 Å². The van der Waals surface area contributed by atoms with Crippen LogP contribution in [0, 0.1) is 0 Å². The fraction of sp³-hybridized carbons (Fsp3) is 0.600. The van der Waals surface area contributed by atoms with E-state index >= 15 is 0 Å². The standard InChI is InChI=1S/C40H60N2O8/c1-23(49-31(43)17-15-25-19-27(37(3,4)5)33(45)28(20-25)38(6,7)8)42(36(48)35(41)47)24(2)50-32(44)18-16-26-21-29(39(9,10)11)34(46)30(22-26)40(12,13)14/h19-24,45-46H,15-18H2,1-14H3,(H2,41,47). The van der Waals surface area contributed by atoms with Gasteiger partial charge in [0.2, 0.25) is 0 Å². The second-order valence-electron chi connectivity index (χ2n) is 17.3. The summed E-state index contributed by atoms with van der Waals surface area (Å²) in [6, 6.07) is 7.55. The number of primary amides is 1. The van der Waals surface area contributed by atoms with E-state index in [1.165, 1.54) is 13.8 Å². The first-order chi connectivity index (χ1) is 22.5. The van der Waals surface area contributed by atoms with Crippen LogP contribution in [-0.4, -0.2) is 51.3 Å². The van der Waals surface area contributed by atoms with Crippen LogP contribution in [0.5, 0.6) is 11.5 Å². The van der Waals surface area contributed by atoms with Crippen LogP contribution in [-0.2, 0) is 63.2 Å². The lowest BCUT2D eigenvalue weighted by molar-refractivity contribution is -0.187. The molecule has 2 unspecified atom stereocenters.